The maximum absolute atomic E-state index is 12.8. The Balaban J connectivity index is 1.56. The second-order valence-corrected chi connectivity index (χ2v) is 7.27. The Kier molecular flexibility index (Phi) is 5.73. The molecule has 2 aliphatic rings. The Morgan fingerprint density at radius 2 is 1.71 bits per heavy atom. The van der Waals surface area contributed by atoms with Crippen LogP contribution in [0.1, 0.15) is 22.0 Å². The van der Waals surface area contributed by atoms with E-state index in [1.807, 2.05) is 0 Å². The van der Waals surface area contributed by atoms with E-state index in [9.17, 15) is 30.3 Å². The molecular formula is C21H22O10. The van der Waals surface area contributed by atoms with E-state index in [2.05, 4.69) is 0 Å². The summed E-state index contributed by atoms with van der Waals surface area (Å²) in [5.41, 5.74) is 0.555. The third-order valence-electron chi connectivity index (χ3n) is 5.30. The van der Waals surface area contributed by atoms with E-state index < -0.39 is 54.9 Å². The van der Waals surface area contributed by atoms with Gasteiger partial charge in [0, 0.05) is 17.7 Å². The van der Waals surface area contributed by atoms with Gasteiger partial charge < -0.3 is 44.5 Å². The number of Topliss-reactive ketones (excluding diaryl/α,β-unsaturated/α-hetero) is 1. The lowest BCUT2D eigenvalue weighted by Crippen LogP contribution is -2.60. The summed E-state index contributed by atoms with van der Waals surface area (Å²) in [7, 11) is 1.52. The van der Waals surface area contributed by atoms with Gasteiger partial charge in [0.25, 0.3) is 0 Å². The van der Waals surface area contributed by atoms with Gasteiger partial charge in [-0.2, -0.15) is 0 Å². The molecule has 6 atom stereocenters. The lowest BCUT2D eigenvalue weighted by atomic mass is 9.99. The van der Waals surface area contributed by atoms with E-state index in [0.29, 0.717) is 11.3 Å². The number of rotatable bonds is 5. The van der Waals surface area contributed by atoms with Crippen molar-refractivity contribution in [1.29, 1.82) is 0 Å². The molecule has 1 saturated heterocycles. The number of methoxy groups -OCH3 is 1. The molecule has 0 aromatic heterocycles. The summed E-state index contributed by atoms with van der Waals surface area (Å²) < 4.78 is 21.6. The van der Waals surface area contributed by atoms with Crippen LogP contribution in [0, 0.1) is 0 Å². The monoisotopic (exact) mass is 434 g/mol. The fraction of sp³-hybridized carbons (Fsp3) is 0.381. The number of fused-ring (bicyclic) bond motifs is 1. The molecule has 5 N–H and O–H groups in total. The summed E-state index contributed by atoms with van der Waals surface area (Å²) in [5, 5.41) is 49.5. The standard InChI is InChI=1S/C21H22O10/c1-28-10-4-2-9(3-5-10)20-17(25)15-12(23)6-11(7-13(15)30-20)29-21-19(27)18(26)16(24)14(8-22)31-21/h2-7,14,16,18-24,26-27H,8H2,1H3. The van der Waals surface area contributed by atoms with Crippen LogP contribution in [0.2, 0.25) is 0 Å². The van der Waals surface area contributed by atoms with Gasteiger partial charge in [0.15, 0.2) is 6.10 Å². The van der Waals surface area contributed by atoms with Crippen LogP contribution in [-0.4, -0.2) is 75.7 Å². The summed E-state index contributed by atoms with van der Waals surface area (Å²) in [5.74, 6) is -0.144. The van der Waals surface area contributed by atoms with Gasteiger partial charge in [0.2, 0.25) is 12.1 Å². The van der Waals surface area contributed by atoms with Gasteiger partial charge in [-0.3, -0.25) is 4.79 Å². The molecule has 0 amide bonds. The lowest BCUT2D eigenvalue weighted by Gasteiger charge is -2.39. The predicted octanol–water partition coefficient (Wildman–Crippen LogP) is -0.104. The third-order valence-corrected chi connectivity index (χ3v) is 5.30. The minimum absolute atomic E-state index is 0.0104. The highest BCUT2D eigenvalue weighted by molar-refractivity contribution is 6.07. The van der Waals surface area contributed by atoms with Crippen LogP contribution in [-0.2, 0) is 4.74 Å². The SMILES string of the molecule is COc1ccc(C2Oc3cc(OC4OC(CO)C(O)C(O)C4O)cc(O)c3C2=O)cc1. The smallest absolute Gasteiger partial charge is 0.229 e. The molecule has 1 fully saturated rings. The molecule has 10 heteroatoms. The first-order valence-electron chi connectivity index (χ1n) is 9.53. The number of aliphatic hydroxyl groups is 4. The van der Waals surface area contributed by atoms with Gasteiger partial charge in [0.05, 0.1) is 13.7 Å². The van der Waals surface area contributed by atoms with Crippen LogP contribution in [0.4, 0.5) is 0 Å². The first-order chi connectivity index (χ1) is 14.8. The summed E-state index contributed by atoms with van der Waals surface area (Å²) >= 11 is 0. The highest BCUT2D eigenvalue weighted by Gasteiger charge is 2.45. The topological polar surface area (TPSA) is 155 Å². The van der Waals surface area contributed by atoms with Crippen LogP contribution in [0.25, 0.3) is 0 Å². The molecule has 4 rings (SSSR count). The first-order valence-corrected chi connectivity index (χ1v) is 9.53. The van der Waals surface area contributed by atoms with Gasteiger partial charge in [0.1, 0.15) is 53.0 Å². The number of ketones is 1. The zero-order valence-corrected chi connectivity index (χ0v) is 16.4. The fourth-order valence-corrected chi connectivity index (χ4v) is 3.59. The Hall–Kier alpha value is -2.89. The maximum Gasteiger partial charge on any atom is 0.229 e. The van der Waals surface area contributed by atoms with Crippen LogP contribution in [0.15, 0.2) is 36.4 Å². The van der Waals surface area contributed by atoms with E-state index in [0.717, 1.165) is 6.07 Å². The summed E-state index contributed by atoms with van der Waals surface area (Å²) in [6.07, 6.45) is -8.32. The van der Waals surface area contributed by atoms with Crippen molar-refractivity contribution in [1.82, 2.24) is 0 Å². The fourth-order valence-electron chi connectivity index (χ4n) is 3.59. The first kappa shape index (κ1) is 21.3. The molecule has 6 unspecified atom stereocenters. The van der Waals surface area contributed by atoms with E-state index in [1.54, 1.807) is 24.3 Å². The van der Waals surface area contributed by atoms with Crippen molar-refractivity contribution < 1.29 is 49.3 Å². The van der Waals surface area contributed by atoms with Gasteiger partial charge in [-0.15, -0.1) is 0 Å². The van der Waals surface area contributed by atoms with Crippen LogP contribution in [0.5, 0.6) is 23.0 Å². The minimum atomic E-state index is -1.62. The van der Waals surface area contributed by atoms with Crippen LogP contribution >= 0.6 is 0 Å². The number of aromatic hydroxyl groups is 1. The Morgan fingerprint density at radius 3 is 2.35 bits per heavy atom. The molecule has 0 radical (unpaired) electrons. The van der Waals surface area contributed by atoms with Gasteiger partial charge in [-0.25, -0.2) is 0 Å². The molecule has 2 aromatic rings. The predicted molar refractivity (Wildman–Crippen MR) is 103 cm³/mol. The Bertz CT molecular complexity index is 957. The molecule has 31 heavy (non-hydrogen) atoms. The quantitative estimate of drug-likeness (QED) is 0.431. The van der Waals surface area contributed by atoms with Crippen LogP contribution < -0.4 is 14.2 Å². The molecule has 2 aliphatic heterocycles. The van der Waals surface area contributed by atoms with Gasteiger partial charge in [-0.1, -0.05) is 12.1 Å². The normalized spacial score (nSPS) is 29.9. The zero-order chi connectivity index (χ0) is 22.3. The molecule has 2 heterocycles. The van der Waals surface area contributed by atoms with Crippen LogP contribution in [0.3, 0.4) is 0 Å². The van der Waals surface area contributed by atoms with Crippen molar-refractivity contribution in [2.24, 2.45) is 0 Å². The lowest BCUT2D eigenvalue weighted by molar-refractivity contribution is -0.277. The number of hydrogen-bond acceptors (Lipinski definition) is 10. The van der Waals surface area contributed by atoms with Gasteiger partial charge in [-0.05, 0) is 12.1 Å². The highest BCUT2D eigenvalue weighted by Crippen LogP contribution is 2.44. The van der Waals surface area contributed by atoms with E-state index >= 15 is 0 Å². The highest BCUT2D eigenvalue weighted by atomic mass is 16.7. The summed E-state index contributed by atoms with van der Waals surface area (Å²) in [4.78, 5) is 12.8. The zero-order valence-electron chi connectivity index (χ0n) is 16.4. The molecule has 10 nitrogen and oxygen atoms in total. The number of benzene rings is 2. The molecule has 0 saturated carbocycles. The largest absolute Gasteiger partial charge is 0.507 e. The minimum Gasteiger partial charge on any atom is -0.507 e. The number of carbonyl (C=O) groups excluding carboxylic acids is 1. The number of carbonyl (C=O) groups is 1. The number of phenols is 1. The second-order valence-electron chi connectivity index (χ2n) is 7.27. The number of phenolic OH excluding ortho intramolecular Hbond substituents is 1. The molecular weight excluding hydrogens is 412 g/mol. The molecule has 0 aliphatic carbocycles. The molecule has 166 valence electrons. The van der Waals surface area contributed by atoms with Gasteiger partial charge >= 0.3 is 0 Å². The summed E-state index contributed by atoms with van der Waals surface area (Å²) in [6.45, 7) is -0.610. The van der Waals surface area contributed by atoms with Crippen molar-refractivity contribution in [3.63, 3.8) is 0 Å². The molecule has 0 bridgehead atoms. The molecule has 2 aromatic carbocycles. The number of hydrogen-bond donors (Lipinski definition) is 5. The van der Waals surface area contributed by atoms with E-state index in [4.69, 9.17) is 18.9 Å². The van der Waals surface area contributed by atoms with Crippen molar-refractivity contribution in [2.75, 3.05) is 13.7 Å². The van der Waals surface area contributed by atoms with Crippen molar-refractivity contribution in [3.05, 3.63) is 47.5 Å². The molecule has 0 spiro atoms. The van der Waals surface area contributed by atoms with E-state index in [-0.39, 0.29) is 17.1 Å². The third kappa shape index (κ3) is 3.80. The van der Waals surface area contributed by atoms with E-state index in [1.165, 1.54) is 13.2 Å². The Morgan fingerprint density at radius 1 is 1.00 bits per heavy atom. The Labute approximate surface area is 176 Å². The van der Waals surface area contributed by atoms with Crippen molar-refractivity contribution >= 4 is 5.78 Å². The maximum atomic E-state index is 12.8. The van der Waals surface area contributed by atoms with Crippen molar-refractivity contribution in [3.8, 4) is 23.0 Å². The summed E-state index contributed by atoms with van der Waals surface area (Å²) in [6, 6.07) is 9.21. The van der Waals surface area contributed by atoms with Crippen molar-refractivity contribution in [2.45, 2.75) is 36.8 Å². The average molecular weight is 434 g/mol. The second kappa shape index (κ2) is 8.33. The number of aliphatic hydroxyl groups excluding tert-OH is 4. The average Bonchev–Trinajstić information content (AvgIpc) is 3.10. The number of ether oxygens (including phenoxy) is 4.